The third-order valence-corrected chi connectivity index (χ3v) is 3.70. The van der Waals surface area contributed by atoms with E-state index in [9.17, 15) is 0 Å². The number of hydrogen-bond acceptors (Lipinski definition) is 3. The van der Waals surface area contributed by atoms with Gasteiger partial charge in [0.1, 0.15) is 0 Å². The number of rotatable bonds is 5. The van der Waals surface area contributed by atoms with Crippen molar-refractivity contribution in [2.75, 3.05) is 11.9 Å². The molecule has 0 bridgehead atoms. The van der Waals surface area contributed by atoms with Gasteiger partial charge in [0.05, 0.1) is 0 Å². The second-order valence-electron chi connectivity index (χ2n) is 5.98. The molecule has 19 heavy (non-hydrogen) atoms. The van der Waals surface area contributed by atoms with Crippen LogP contribution in [0.25, 0.3) is 5.65 Å². The van der Waals surface area contributed by atoms with Crippen LogP contribution in [0, 0.1) is 24.7 Å². The van der Waals surface area contributed by atoms with E-state index in [2.05, 4.69) is 50.0 Å². The number of hydrogen-bond donors (Lipinski definition) is 1. The fourth-order valence-electron chi connectivity index (χ4n) is 2.51. The van der Waals surface area contributed by atoms with E-state index < -0.39 is 0 Å². The van der Waals surface area contributed by atoms with Gasteiger partial charge in [-0.25, -0.2) is 4.52 Å². The lowest BCUT2D eigenvalue weighted by Crippen LogP contribution is -2.24. The molecule has 0 aliphatic carbocycles. The van der Waals surface area contributed by atoms with Gasteiger partial charge in [0.25, 0.3) is 0 Å². The van der Waals surface area contributed by atoms with Crippen molar-refractivity contribution < 1.29 is 0 Å². The molecule has 0 atom stereocenters. The summed E-state index contributed by atoms with van der Waals surface area (Å²) in [4.78, 5) is 4.50. The number of pyridine rings is 1. The summed E-state index contributed by atoms with van der Waals surface area (Å²) < 4.78 is 1.81. The maximum Gasteiger partial charge on any atom is 0.243 e. The molecule has 0 unspecified atom stereocenters. The lowest BCUT2D eigenvalue weighted by atomic mass is 9.85. The van der Waals surface area contributed by atoms with Gasteiger partial charge in [0.2, 0.25) is 5.95 Å². The first kappa shape index (κ1) is 13.8. The second-order valence-corrected chi connectivity index (χ2v) is 5.98. The summed E-state index contributed by atoms with van der Waals surface area (Å²) in [6.45, 7) is 12.1. The third-order valence-electron chi connectivity index (χ3n) is 3.70. The lowest BCUT2D eigenvalue weighted by Gasteiger charge is -2.24. The van der Waals surface area contributed by atoms with Crippen LogP contribution in [0.1, 0.15) is 33.3 Å². The van der Waals surface area contributed by atoms with Gasteiger partial charge in [-0.05, 0) is 42.4 Å². The molecular weight excluding hydrogens is 236 g/mol. The third kappa shape index (κ3) is 3.25. The highest BCUT2D eigenvalue weighted by Crippen LogP contribution is 2.20. The molecule has 0 saturated heterocycles. The van der Waals surface area contributed by atoms with E-state index >= 15 is 0 Å². The van der Waals surface area contributed by atoms with Crippen LogP contribution in [0.4, 0.5) is 5.95 Å². The number of anilines is 1. The Kier molecular flexibility index (Phi) is 4.08. The summed E-state index contributed by atoms with van der Waals surface area (Å²) in [6, 6.07) is 4.08. The Hall–Kier alpha value is -1.58. The number of nitrogens with one attached hydrogen (secondary N) is 1. The summed E-state index contributed by atoms with van der Waals surface area (Å²) >= 11 is 0. The van der Waals surface area contributed by atoms with Crippen LogP contribution in [0.15, 0.2) is 18.3 Å². The highest BCUT2D eigenvalue weighted by molar-refractivity contribution is 5.45. The van der Waals surface area contributed by atoms with Crippen LogP contribution < -0.4 is 5.32 Å². The van der Waals surface area contributed by atoms with E-state index in [1.165, 1.54) is 5.56 Å². The Morgan fingerprint density at radius 3 is 2.53 bits per heavy atom. The van der Waals surface area contributed by atoms with E-state index in [4.69, 9.17) is 0 Å². The predicted octanol–water partition coefficient (Wildman–Crippen LogP) is 3.38. The molecule has 0 fully saturated rings. The van der Waals surface area contributed by atoms with Gasteiger partial charge in [-0.3, -0.25) is 0 Å². The molecule has 0 radical (unpaired) electrons. The van der Waals surface area contributed by atoms with Crippen molar-refractivity contribution in [2.45, 2.75) is 34.6 Å². The molecule has 0 aliphatic rings. The average Bonchev–Trinajstić information content (AvgIpc) is 2.70. The van der Waals surface area contributed by atoms with Gasteiger partial charge in [0, 0.05) is 12.7 Å². The fraction of sp³-hybridized carbons (Fsp3) is 0.600. The van der Waals surface area contributed by atoms with Crippen molar-refractivity contribution in [3.8, 4) is 0 Å². The Bertz CT molecular complexity index is 534. The first-order valence-electron chi connectivity index (χ1n) is 7.04. The maximum atomic E-state index is 4.50. The molecule has 104 valence electrons. The number of aryl methyl sites for hydroxylation is 1. The van der Waals surface area contributed by atoms with Crippen LogP contribution in [0.5, 0.6) is 0 Å². The molecule has 2 aromatic heterocycles. The van der Waals surface area contributed by atoms with Crippen LogP contribution in [-0.2, 0) is 0 Å². The van der Waals surface area contributed by atoms with E-state index in [-0.39, 0.29) is 0 Å². The predicted molar refractivity (Wildman–Crippen MR) is 79.4 cm³/mol. The van der Waals surface area contributed by atoms with Crippen LogP contribution >= 0.6 is 0 Å². The van der Waals surface area contributed by atoms with Crippen molar-refractivity contribution in [3.63, 3.8) is 0 Å². The van der Waals surface area contributed by atoms with E-state index in [0.29, 0.717) is 17.8 Å². The monoisotopic (exact) mass is 260 g/mol. The maximum absolute atomic E-state index is 4.50. The Balaban J connectivity index is 2.09. The molecule has 0 aromatic carbocycles. The molecule has 0 amide bonds. The van der Waals surface area contributed by atoms with Gasteiger partial charge < -0.3 is 5.32 Å². The van der Waals surface area contributed by atoms with E-state index in [1.54, 1.807) is 0 Å². The van der Waals surface area contributed by atoms with Crippen molar-refractivity contribution in [1.82, 2.24) is 14.6 Å². The van der Waals surface area contributed by atoms with Gasteiger partial charge in [0.15, 0.2) is 5.65 Å². The Morgan fingerprint density at radius 1 is 1.21 bits per heavy atom. The summed E-state index contributed by atoms with van der Waals surface area (Å²) in [5.41, 5.74) is 2.10. The van der Waals surface area contributed by atoms with Crippen molar-refractivity contribution in [1.29, 1.82) is 0 Å². The first-order chi connectivity index (χ1) is 8.97. The van der Waals surface area contributed by atoms with Gasteiger partial charge in [-0.2, -0.15) is 4.98 Å². The molecule has 0 saturated carbocycles. The van der Waals surface area contributed by atoms with Crippen molar-refractivity contribution in [2.24, 2.45) is 17.8 Å². The van der Waals surface area contributed by atoms with Gasteiger partial charge in [-0.15, -0.1) is 5.10 Å². The second kappa shape index (κ2) is 5.59. The highest BCUT2D eigenvalue weighted by Gasteiger charge is 2.17. The molecule has 0 spiro atoms. The number of aromatic nitrogens is 3. The van der Waals surface area contributed by atoms with Crippen LogP contribution in [0.2, 0.25) is 0 Å². The highest BCUT2D eigenvalue weighted by atomic mass is 15.3. The van der Waals surface area contributed by atoms with Crippen LogP contribution in [-0.4, -0.2) is 21.1 Å². The quantitative estimate of drug-likeness (QED) is 0.896. The minimum absolute atomic E-state index is 0.633. The molecule has 1 N–H and O–H groups in total. The average molecular weight is 260 g/mol. The molecule has 4 heteroatoms. The van der Waals surface area contributed by atoms with E-state index in [0.717, 1.165) is 18.1 Å². The molecule has 2 aromatic rings. The number of nitrogens with zero attached hydrogens (tertiary/aromatic N) is 3. The Labute approximate surface area is 115 Å². The van der Waals surface area contributed by atoms with E-state index in [1.807, 2.05) is 22.8 Å². The zero-order chi connectivity index (χ0) is 14.0. The zero-order valence-electron chi connectivity index (χ0n) is 12.5. The molecule has 2 rings (SSSR count). The minimum Gasteiger partial charge on any atom is -0.353 e. The lowest BCUT2D eigenvalue weighted by molar-refractivity contribution is 0.304. The van der Waals surface area contributed by atoms with Crippen molar-refractivity contribution in [3.05, 3.63) is 23.9 Å². The SMILES string of the molecule is Cc1ccn2nc(NCC(C(C)C)C(C)C)nc2c1. The molecule has 4 nitrogen and oxygen atoms in total. The summed E-state index contributed by atoms with van der Waals surface area (Å²) in [6.07, 6.45) is 1.95. The zero-order valence-corrected chi connectivity index (χ0v) is 12.5. The summed E-state index contributed by atoms with van der Waals surface area (Å²) in [5, 5.41) is 7.81. The smallest absolute Gasteiger partial charge is 0.243 e. The summed E-state index contributed by atoms with van der Waals surface area (Å²) in [5.74, 6) is 2.67. The largest absolute Gasteiger partial charge is 0.353 e. The molecule has 2 heterocycles. The number of fused-ring (bicyclic) bond motifs is 1. The fourth-order valence-corrected chi connectivity index (χ4v) is 2.51. The van der Waals surface area contributed by atoms with Gasteiger partial charge >= 0.3 is 0 Å². The Morgan fingerprint density at radius 2 is 1.89 bits per heavy atom. The minimum atomic E-state index is 0.633. The first-order valence-corrected chi connectivity index (χ1v) is 7.04. The normalized spacial score (nSPS) is 12.0. The van der Waals surface area contributed by atoms with Gasteiger partial charge in [-0.1, -0.05) is 27.7 Å². The van der Waals surface area contributed by atoms with Crippen LogP contribution in [0.3, 0.4) is 0 Å². The molecule has 0 aliphatic heterocycles. The molecular formula is C15H24N4. The topological polar surface area (TPSA) is 42.2 Å². The standard InChI is InChI=1S/C15H24N4/c1-10(2)13(11(3)4)9-16-15-17-14-8-12(5)6-7-19(14)18-15/h6-8,10-11,13H,9H2,1-5H3,(H,16,18). The van der Waals surface area contributed by atoms with Crippen molar-refractivity contribution >= 4 is 11.6 Å². The summed E-state index contributed by atoms with van der Waals surface area (Å²) in [7, 11) is 0.